The predicted molar refractivity (Wildman–Crippen MR) is 74.5 cm³/mol. The first-order chi connectivity index (χ1) is 8.13. The molecule has 1 heterocycles. The standard InChI is InChI=1S/C14H25NOS/c1-12-4-3-5-14(8-12,11-16)10-15-6-7-17-13(2)9-15/h11-13H,3-10H2,1-2H3. The Kier molecular flexibility index (Phi) is 4.53. The van der Waals surface area contributed by atoms with Crippen LogP contribution in [0.15, 0.2) is 0 Å². The molecule has 2 nitrogen and oxygen atoms in total. The minimum atomic E-state index is -0.0284. The van der Waals surface area contributed by atoms with E-state index in [-0.39, 0.29) is 5.41 Å². The van der Waals surface area contributed by atoms with Crippen molar-refractivity contribution in [1.29, 1.82) is 0 Å². The largest absolute Gasteiger partial charge is 0.303 e. The van der Waals surface area contributed by atoms with Crippen LogP contribution >= 0.6 is 11.8 Å². The molecule has 98 valence electrons. The van der Waals surface area contributed by atoms with Crippen LogP contribution in [0.5, 0.6) is 0 Å². The van der Waals surface area contributed by atoms with Crippen molar-refractivity contribution < 1.29 is 4.79 Å². The van der Waals surface area contributed by atoms with Gasteiger partial charge in [-0.25, -0.2) is 0 Å². The molecule has 0 aromatic rings. The molecule has 1 saturated heterocycles. The summed E-state index contributed by atoms with van der Waals surface area (Å²) >= 11 is 2.06. The molecule has 17 heavy (non-hydrogen) atoms. The topological polar surface area (TPSA) is 20.3 Å². The van der Waals surface area contributed by atoms with Crippen LogP contribution in [0.1, 0.15) is 39.5 Å². The molecule has 1 aliphatic carbocycles. The maximum atomic E-state index is 11.6. The summed E-state index contributed by atoms with van der Waals surface area (Å²) in [7, 11) is 0. The number of hydrogen-bond donors (Lipinski definition) is 0. The minimum Gasteiger partial charge on any atom is -0.303 e. The van der Waals surface area contributed by atoms with Crippen molar-refractivity contribution in [1.82, 2.24) is 4.90 Å². The summed E-state index contributed by atoms with van der Waals surface area (Å²) in [6, 6.07) is 0. The fourth-order valence-electron chi connectivity index (χ4n) is 3.47. The van der Waals surface area contributed by atoms with Crippen molar-refractivity contribution in [2.75, 3.05) is 25.4 Å². The molecule has 0 aromatic heterocycles. The second-order valence-corrected chi connectivity index (χ2v) is 7.64. The molecule has 3 unspecified atom stereocenters. The Bertz CT molecular complexity index is 271. The second kappa shape index (κ2) is 5.75. The number of carbonyl (C=O) groups excluding carboxylic acids is 1. The Morgan fingerprint density at radius 2 is 2.29 bits per heavy atom. The normalized spacial score (nSPS) is 40.1. The Hall–Kier alpha value is -0.0200. The van der Waals surface area contributed by atoms with Gasteiger partial charge in [0.1, 0.15) is 6.29 Å². The molecular formula is C14H25NOS. The summed E-state index contributed by atoms with van der Waals surface area (Å²) in [5.41, 5.74) is -0.0284. The first kappa shape index (κ1) is 13.4. The number of hydrogen-bond acceptors (Lipinski definition) is 3. The highest BCUT2D eigenvalue weighted by molar-refractivity contribution is 7.99. The maximum Gasteiger partial charge on any atom is 0.127 e. The molecule has 1 aliphatic heterocycles. The first-order valence-corrected chi connectivity index (χ1v) is 7.99. The number of rotatable bonds is 3. The van der Waals surface area contributed by atoms with E-state index >= 15 is 0 Å². The average molecular weight is 255 g/mol. The lowest BCUT2D eigenvalue weighted by Gasteiger charge is -2.41. The second-order valence-electron chi connectivity index (χ2n) is 6.10. The van der Waals surface area contributed by atoms with E-state index in [4.69, 9.17) is 0 Å². The van der Waals surface area contributed by atoms with Gasteiger partial charge in [0, 0.05) is 36.1 Å². The van der Waals surface area contributed by atoms with Crippen LogP contribution in [0.2, 0.25) is 0 Å². The van der Waals surface area contributed by atoms with Crippen LogP contribution in [0.3, 0.4) is 0 Å². The highest BCUT2D eigenvalue weighted by atomic mass is 32.2. The highest BCUT2D eigenvalue weighted by Crippen LogP contribution is 2.39. The van der Waals surface area contributed by atoms with Gasteiger partial charge in [-0.15, -0.1) is 0 Å². The van der Waals surface area contributed by atoms with Crippen molar-refractivity contribution in [2.45, 2.75) is 44.8 Å². The fourth-order valence-corrected chi connectivity index (χ4v) is 4.55. The molecule has 2 aliphatic rings. The van der Waals surface area contributed by atoms with Crippen LogP contribution in [0.25, 0.3) is 0 Å². The summed E-state index contributed by atoms with van der Waals surface area (Å²) in [5, 5.41) is 0.730. The van der Waals surface area contributed by atoms with E-state index in [2.05, 4.69) is 30.5 Å². The van der Waals surface area contributed by atoms with Crippen molar-refractivity contribution in [3.8, 4) is 0 Å². The molecule has 0 amide bonds. The molecule has 3 heteroatoms. The van der Waals surface area contributed by atoms with Crippen LogP contribution in [0.4, 0.5) is 0 Å². The SMILES string of the molecule is CC1CCCC(C=O)(CN2CCSC(C)C2)C1. The maximum absolute atomic E-state index is 11.6. The molecule has 0 radical (unpaired) electrons. The van der Waals surface area contributed by atoms with Crippen molar-refractivity contribution in [2.24, 2.45) is 11.3 Å². The third kappa shape index (κ3) is 3.47. The van der Waals surface area contributed by atoms with Gasteiger partial charge in [0.2, 0.25) is 0 Å². The fraction of sp³-hybridized carbons (Fsp3) is 0.929. The van der Waals surface area contributed by atoms with E-state index in [1.54, 1.807) is 0 Å². The Labute approximate surface area is 110 Å². The molecule has 3 atom stereocenters. The Morgan fingerprint density at radius 3 is 2.94 bits per heavy atom. The zero-order chi connectivity index (χ0) is 12.3. The number of thioether (sulfide) groups is 1. The zero-order valence-corrected chi connectivity index (χ0v) is 12.0. The third-order valence-electron chi connectivity index (χ3n) is 4.24. The van der Waals surface area contributed by atoms with Gasteiger partial charge < -0.3 is 9.69 Å². The first-order valence-electron chi connectivity index (χ1n) is 6.94. The molecule has 2 rings (SSSR count). The van der Waals surface area contributed by atoms with E-state index in [0.717, 1.165) is 37.1 Å². The van der Waals surface area contributed by atoms with E-state index in [9.17, 15) is 4.79 Å². The van der Waals surface area contributed by atoms with Crippen LogP contribution in [0, 0.1) is 11.3 Å². The van der Waals surface area contributed by atoms with Crippen LogP contribution in [-0.4, -0.2) is 41.8 Å². The monoisotopic (exact) mass is 255 g/mol. The Balaban J connectivity index is 1.95. The summed E-state index contributed by atoms with van der Waals surface area (Å²) in [5.74, 6) is 1.96. The van der Waals surface area contributed by atoms with Crippen molar-refractivity contribution in [3.63, 3.8) is 0 Å². The smallest absolute Gasteiger partial charge is 0.127 e. The molecule has 1 saturated carbocycles. The molecule has 0 N–H and O–H groups in total. The van der Waals surface area contributed by atoms with Gasteiger partial charge >= 0.3 is 0 Å². The molecular weight excluding hydrogens is 230 g/mol. The lowest BCUT2D eigenvalue weighted by molar-refractivity contribution is -0.120. The average Bonchev–Trinajstić information content (AvgIpc) is 2.29. The van der Waals surface area contributed by atoms with Crippen LogP contribution in [-0.2, 0) is 4.79 Å². The summed E-state index contributed by atoms with van der Waals surface area (Å²) < 4.78 is 0. The number of nitrogens with zero attached hydrogens (tertiary/aromatic N) is 1. The van der Waals surface area contributed by atoms with Gasteiger partial charge in [-0.3, -0.25) is 0 Å². The van der Waals surface area contributed by atoms with Crippen molar-refractivity contribution in [3.05, 3.63) is 0 Å². The van der Waals surface area contributed by atoms with Gasteiger partial charge in [0.25, 0.3) is 0 Å². The van der Waals surface area contributed by atoms with Gasteiger partial charge in [-0.1, -0.05) is 26.7 Å². The van der Waals surface area contributed by atoms with Gasteiger partial charge in [-0.2, -0.15) is 11.8 Å². The number of carbonyl (C=O) groups is 1. The number of aldehydes is 1. The van der Waals surface area contributed by atoms with Gasteiger partial charge in [0.05, 0.1) is 0 Å². The lowest BCUT2D eigenvalue weighted by atomic mass is 9.70. The quantitative estimate of drug-likeness (QED) is 0.723. The van der Waals surface area contributed by atoms with Gasteiger partial charge in [0.15, 0.2) is 0 Å². The Morgan fingerprint density at radius 1 is 1.47 bits per heavy atom. The predicted octanol–water partition coefficient (Wildman–Crippen LogP) is 2.82. The highest BCUT2D eigenvalue weighted by Gasteiger charge is 2.37. The summed E-state index contributed by atoms with van der Waals surface area (Å²) in [6.07, 6.45) is 6.03. The zero-order valence-electron chi connectivity index (χ0n) is 11.2. The van der Waals surface area contributed by atoms with E-state index < -0.39 is 0 Å². The summed E-state index contributed by atoms with van der Waals surface area (Å²) in [6.45, 7) is 7.93. The van der Waals surface area contributed by atoms with E-state index in [1.807, 2.05) is 0 Å². The molecule has 0 spiro atoms. The van der Waals surface area contributed by atoms with Crippen molar-refractivity contribution >= 4 is 18.0 Å². The molecule has 0 bridgehead atoms. The minimum absolute atomic E-state index is 0.0284. The van der Waals surface area contributed by atoms with Gasteiger partial charge in [-0.05, 0) is 18.8 Å². The van der Waals surface area contributed by atoms with E-state index in [0.29, 0.717) is 0 Å². The third-order valence-corrected chi connectivity index (χ3v) is 5.38. The van der Waals surface area contributed by atoms with E-state index in [1.165, 1.54) is 31.4 Å². The summed E-state index contributed by atoms with van der Waals surface area (Å²) in [4.78, 5) is 14.1. The van der Waals surface area contributed by atoms with Crippen LogP contribution < -0.4 is 0 Å². The molecule has 0 aromatic carbocycles. The lowest BCUT2D eigenvalue weighted by Crippen LogP contribution is -2.46. The molecule has 2 fully saturated rings.